The molecule has 0 saturated heterocycles. The largest absolute Gasteiger partial charge is 0.490 e. The molecule has 0 aliphatic carbocycles. The third-order valence-electron chi connectivity index (χ3n) is 3.86. The number of halogens is 2. The molecular weight excluding hydrogens is 395 g/mol. The lowest BCUT2D eigenvalue weighted by Gasteiger charge is -2.10. The summed E-state index contributed by atoms with van der Waals surface area (Å²) in [6.45, 7) is 1.15. The lowest BCUT2D eigenvalue weighted by molar-refractivity contribution is 0.263. The molecule has 0 N–H and O–H groups in total. The van der Waals surface area contributed by atoms with Crippen molar-refractivity contribution >= 4 is 44.1 Å². The van der Waals surface area contributed by atoms with Gasteiger partial charge in [-0.05, 0) is 56.6 Å². The summed E-state index contributed by atoms with van der Waals surface area (Å²) in [4.78, 5) is 2.12. The van der Waals surface area contributed by atoms with Crippen LogP contribution in [0.4, 0.5) is 0 Å². The highest BCUT2D eigenvalue weighted by Gasteiger charge is 2.22. The number of rotatable bonds is 6. The van der Waals surface area contributed by atoms with Crippen LogP contribution >= 0.6 is 23.2 Å². The Morgan fingerprint density at radius 1 is 1.04 bits per heavy atom. The second kappa shape index (κ2) is 7.48. The van der Waals surface area contributed by atoms with E-state index in [0.717, 1.165) is 0 Å². The second-order valence-corrected chi connectivity index (χ2v) is 8.75. The first-order valence-corrected chi connectivity index (χ1v) is 10.1. The van der Waals surface area contributed by atoms with Crippen molar-refractivity contribution in [3.63, 3.8) is 0 Å². The van der Waals surface area contributed by atoms with E-state index in [1.807, 2.05) is 19.0 Å². The minimum Gasteiger partial charge on any atom is -0.490 e. The number of likely N-dealkylation sites (N-methyl/N-ethyl adjacent to an activating group) is 1. The smallest absolute Gasteiger partial charge is 0.268 e. The average molecular weight is 413 g/mol. The first kappa shape index (κ1) is 19.0. The van der Waals surface area contributed by atoms with Gasteiger partial charge in [0.2, 0.25) is 0 Å². The number of benzene rings is 2. The molecule has 1 heterocycles. The summed E-state index contributed by atoms with van der Waals surface area (Å²) in [5.74, 6) is 0.496. The topological polar surface area (TPSA) is 51.5 Å². The normalized spacial score (nSPS) is 12.0. The Balaban J connectivity index is 2.10. The monoisotopic (exact) mass is 412 g/mol. The molecule has 0 spiro atoms. The number of fused-ring (bicyclic) bond motifs is 1. The molecule has 0 unspecified atom stereocenters. The molecule has 26 heavy (non-hydrogen) atoms. The van der Waals surface area contributed by atoms with E-state index in [-0.39, 0.29) is 4.90 Å². The van der Waals surface area contributed by atoms with Crippen molar-refractivity contribution in [3.8, 4) is 5.75 Å². The molecule has 2 aromatic carbocycles. The molecule has 0 atom stereocenters. The van der Waals surface area contributed by atoms with Crippen molar-refractivity contribution in [3.05, 3.63) is 58.7 Å². The zero-order chi connectivity index (χ0) is 18.9. The van der Waals surface area contributed by atoms with Gasteiger partial charge >= 0.3 is 0 Å². The Morgan fingerprint density at radius 3 is 2.35 bits per heavy atom. The van der Waals surface area contributed by atoms with E-state index in [2.05, 4.69) is 0 Å². The third-order valence-corrected chi connectivity index (χ3v) is 6.04. The molecule has 3 rings (SSSR count). The van der Waals surface area contributed by atoms with E-state index < -0.39 is 10.0 Å². The van der Waals surface area contributed by atoms with Gasteiger partial charge in [0.25, 0.3) is 10.0 Å². The van der Waals surface area contributed by atoms with Crippen LogP contribution < -0.4 is 4.74 Å². The first-order valence-electron chi connectivity index (χ1n) is 7.88. The molecule has 8 heteroatoms. The van der Waals surface area contributed by atoms with Gasteiger partial charge in [-0.15, -0.1) is 0 Å². The highest BCUT2D eigenvalue weighted by atomic mass is 35.5. The van der Waals surface area contributed by atoms with Crippen LogP contribution in [-0.2, 0) is 10.0 Å². The second-order valence-electron chi connectivity index (χ2n) is 6.06. The molecule has 0 fully saturated rings. The summed E-state index contributed by atoms with van der Waals surface area (Å²) in [5.41, 5.74) is 0.465. The van der Waals surface area contributed by atoms with Crippen molar-refractivity contribution in [2.45, 2.75) is 4.90 Å². The number of hydrogen-bond donors (Lipinski definition) is 0. The van der Waals surface area contributed by atoms with Gasteiger partial charge in [0.1, 0.15) is 12.4 Å². The van der Waals surface area contributed by atoms with Gasteiger partial charge in [-0.2, -0.15) is 0 Å². The molecule has 0 aliphatic heterocycles. The van der Waals surface area contributed by atoms with E-state index in [0.29, 0.717) is 39.8 Å². The van der Waals surface area contributed by atoms with Gasteiger partial charge in [-0.25, -0.2) is 12.4 Å². The zero-order valence-corrected chi connectivity index (χ0v) is 16.6. The predicted molar refractivity (Wildman–Crippen MR) is 105 cm³/mol. The molecule has 5 nitrogen and oxygen atoms in total. The molecule has 3 aromatic rings. The lowest BCUT2D eigenvalue weighted by Crippen LogP contribution is -2.19. The van der Waals surface area contributed by atoms with Crippen molar-refractivity contribution in [2.24, 2.45) is 0 Å². The van der Waals surface area contributed by atoms with Crippen LogP contribution in [0.15, 0.2) is 53.6 Å². The Bertz CT molecular complexity index is 1030. The fourth-order valence-corrected chi connectivity index (χ4v) is 4.16. The highest BCUT2D eigenvalue weighted by Crippen LogP contribution is 2.33. The molecular formula is C18H18Cl2N2O3S. The maximum Gasteiger partial charge on any atom is 0.268 e. The molecule has 0 radical (unpaired) electrons. The number of ether oxygens (including phenoxy) is 1. The number of nitrogens with zero attached hydrogens (tertiary/aromatic N) is 2. The van der Waals surface area contributed by atoms with E-state index in [4.69, 9.17) is 27.9 Å². The van der Waals surface area contributed by atoms with Gasteiger partial charge in [0.05, 0.1) is 16.6 Å². The predicted octanol–water partition coefficient (Wildman–Crippen LogP) is 4.13. The summed E-state index contributed by atoms with van der Waals surface area (Å²) in [6, 6.07) is 11.1. The molecule has 0 bridgehead atoms. The van der Waals surface area contributed by atoms with Crippen LogP contribution in [0.25, 0.3) is 10.9 Å². The van der Waals surface area contributed by atoms with Crippen molar-refractivity contribution in [1.82, 2.24) is 8.87 Å². The summed E-state index contributed by atoms with van der Waals surface area (Å²) in [5, 5.41) is 1.60. The third kappa shape index (κ3) is 3.83. The molecule has 138 valence electrons. The number of hydrogen-bond acceptors (Lipinski definition) is 4. The van der Waals surface area contributed by atoms with Gasteiger partial charge in [-0.3, -0.25) is 0 Å². The minimum atomic E-state index is -3.81. The lowest BCUT2D eigenvalue weighted by atomic mass is 10.2. The SMILES string of the molecule is CN(C)CCOc1cn(S(=O)(=O)c2ccc(Cl)cc2)c2cc(Cl)ccc12. The van der Waals surface area contributed by atoms with Crippen LogP contribution in [0.5, 0.6) is 5.75 Å². The fourth-order valence-electron chi connectivity index (χ4n) is 2.51. The van der Waals surface area contributed by atoms with Gasteiger partial charge in [0, 0.05) is 22.0 Å². The van der Waals surface area contributed by atoms with Crippen LogP contribution in [0.1, 0.15) is 0 Å². The molecule has 0 aliphatic rings. The van der Waals surface area contributed by atoms with Gasteiger partial charge < -0.3 is 9.64 Å². The van der Waals surface area contributed by atoms with E-state index in [1.165, 1.54) is 22.3 Å². The Kier molecular flexibility index (Phi) is 5.48. The standard InChI is InChI=1S/C18H18Cl2N2O3S/c1-21(2)9-10-25-18-12-22(17-11-14(20)5-8-16(17)18)26(23,24)15-6-3-13(19)4-7-15/h3-8,11-12H,9-10H2,1-2H3. The maximum atomic E-state index is 13.1. The van der Waals surface area contributed by atoms with Crippen molar-refractivity contribution in [2.75, 3.05) is 27.2 Å². The van der Waals surface area contributed by atoms with E-state index in [9.17, 15) is 8.42 Å². The summed E-state index contributed by atoms with van der Waals surface area (Å²) < 4.78 is 33.2. The highest BCUT2D eigenvalue weighted by molar-refractivity contribution is 7.90. The summed E-state index contributed by atoms with van der Waals surface area (Å²) in [6.07, 6.45) is 1.49. The van der Waals surface area contributed by atoms with Crippen LogP contribution in [0.2, 0.25) is 10.0 Å². The minimum absolute atomic E-state index is 0.138. The Labute approximate surface area is 162 Å². The van der Waals surface area contributed by atoms with Crippen molar-refractivity contribution in [1.29, 1.82) is 0 Å². The van der Waals surface area contributed by atoms with Crippen molar-refractivity contribution < 1.29 is 13.2 Å². The summed E-state index contributed by atoms with van der Waals surface area (Å²) in [7, 11) is 0.0731. The molecule has 0 saturated carbocycles. The van der Waals surface area contributed by atoms with Gasteiger partial charge in [-0.1, -0.05) is 23.2 Å². The zero-order valence-electron chi connectivity index (χ0n) is 14.3. The summed E-state index contributed by atoms with van der Waals surface area (Å²) >= 11 is 12.0. The molecule has 1 aromatic heterocycles. The average Bonchev–Trinajstić information content (AvgIpc) is 2.93. The molecule has 0 amide bonds. The Hall–Kier alpha value is -1.73. The maximum absolute atomic E-state index is 13.1. The quantitative estimate of drug-likeness (QED) is 0.610. The first-order chi connectivity index (χ1) is 12.3. The Morgan fingerprint density at radius 2 is 1.69 bits per heavy atom. The van der Waals surface area contributed by atoms with Crippen LogP contribution in [0, 0.1) is 0 Å². The van der Waals surface area contributed by atoms with Gasteiger partial charge in [0.15, 0.2) is 0 Å². The number of aromatic nitrogens is 1. The van der Waals surface area contributed by atoms with Crippen LogP contribution in [0.3, 0.4) is 0 Å². The van der Waals surface area contributed by atoms with E-state index >= 15 is 0 Å². The van der Waals surface area contributed by atoms with E-state index in [1.54, 1.807) is 30.3 Å². The van der Waals surface area contributed by atoms with Crippen LogP contribution in [-0.4, -0.2) is 44.5 Å². The fraction of sp³-hybridized carbons (Fsp3) is 0.222.